The highest BCUT2D eigenvalue weighted by Gasteiger charge is 2.50. The van der Waals surface area contributed by atoms with Crippen LogP contribution >= 0.6 is 0 Å². The molecule has 0 radical (unpaired) electrons. The van der Waals surface area contributed by atoms with Crippen LogP contribution in [-0.4, -0.2) is 5.97 Å². The summed E-state index contributed by atoms with van der Waals surface area (Å²) < 4.78 is 5.81. The number of ether oxygens (including phenoxy) is 1. The second kappa shape index (κ2) is 5.93. The molecule has 1 atom stereocenters. The summed E-state index contributed by atoms with van der Waals surface area (Å²) in [6.45, 7) is 17.0. The zero-order valence-corrected chi connectivity index (χ0v) is 17.8. The van der Waals surface area contributed by atoms with E-state index in [9.17, 15) is 4.79 Å². The second-order valence-electron chi connectivity index (χ2n) is 9.90. The Morgan fingerprint density at radius 1 is 0.889 bits per heavy atom. The lowest BCUT2D eigenvalue weighted by molar-refractivity contribution is -0.136. The van der Waals surface area contributed by atoms with Crippen LogP contribution in [0.2, 0.25) is 0 Å². The van der Waals surface area contributed by atoms with Crippen molar-refractivity contribution in [1.29, 1.82) is 0 Å². The van der Waals surface area contributed by atoms with E-state index in [4.69, 9.17) is 10.5 Å². The second-order valence-corrected chi connectivity index (χ2v) is 9.90. The topological polar surface area (TPSA) is 52.3 Å². The highest BCUT2D eigenvalue weighted by atomic mass is 16.5. The Hall–Kier alpha value is -2.13. The van der Waals surface area contributed by atoms with Gasteiger partial charge >= 0.3 is 5.97 Å². The van der Waals surface area contributed by atoms with Gasteiger partial charge in [0.15, 0.2) is 5.54 Å². The Morgan fingerprint density at radius 3 is 2.04 bits per heavy atom. The van der Waals surface area contributed by atoms with E-state index in [-0.39, 0.29) is 10.8 Å². The van der Waals surface area contributed by atoms with Crippen LogP contribution in [0.3, 0.4) is 0 Å². The highest BCUT2D eigenvalue weighted by molar-refractivity contribution is 5.94. The molecule has 1 aliphatic heterocycles. The third-order valence-corrected chi connectivity index (χ3v) is 5.67. The number of fused-ring (bicyclic) bond motifs is 1. The quantitative estimate of drug-likeness (QED) is 0.570. The summed E-state index contributed by atoms with van der Waals surface area (Å²) in [6.07, 6.45) is 0. The van der Waals surface area contributed by atoms with Gasteiger partial charge in [-0.05, 0) is 53.0 Å². The summed E-state index contributed by atoms with van der Waals surface area (Å²) in [6, 6.07) is 10.2. The number of esters is 1. The molecule has 0 saturated heterocycles. The van der Waals surface area contributed by atoms with E-state index in [0.717, 1.165) is 27.8 Å². The molecule has 1 heterocycles. The average Bonchev–Trinajstić information content (AvgIpc) is 2.79. The van der Waals surface area contributed by atoms with Crippen molar-refractivity contribution in [2.45, 2.75) is 71.8 Å². The number of rotatable bonds is 1. The lowest BCUT2D eigenvalue weighted by Crippen LogP contribution is -2.44. The van der Waals surface area contributed by atoms with Crippen molar-refractivity contribution in [3.8, 4) is 5.75 Å². The van der Waals surface area contributed by atoms with Gasteiger partial charge in [-0.3, -0.25) is 0 Å². The van der Waals surface area contributed by atoms with E-state index in [0.29, 0.717) is 5.75 Å². The van der Waals surface area contributed by atoms with Gasteiger partial charge in [-0.1, -0.05) is 65.8 Å². The maximum absolute atomic E-state index is 13.0. The first kappa shape index (κ1) is 19.6. The zero-order chi connectivity index (χ0) is 20.4. The summed E-state index contributed by atoms with van der Waals surface area (Å²) >= 11 is 0. The third kappa shape index (κ3) is 3.08. The van der Waals surface area contributed by atoms with Gasteiger partial charge in [0, 0.05) is 11.1 Å². The van der Waals surface area contributed by atoms with Crippen LogP contribution in [0.25, 0.3) is 0 Å². The van der Waals surface area contributed by atoms with Crippen molar-refractivity contribution in [2.75, 3.05) is 0 Å². The largest absolute Gasteiger partial charge is 0.424 e. The van der Waals surface area contributed by atoms with Crippen LogP contribution in [0.4, 0.5) is 0 Å². The molecule has 0 aliphatic carbocycles. The predicted molar refractivity (Wildman–Crippen MR) is 110 cm³/mol. The Kier molecular flexibility index (Phi) is 4.31. The van der Waals surface area contributed by atoms with Crippen molar-refractivity contribution in [3.05, 3.63) is 63.7 Å². The number of aryl methyl sites for hydroxylation is 2. The van der Waals surface area contributed by atoms with Crippen LogP contribution in [0.5, 0.6) is 5.75 Å². The molecule has 144 valence electrons. The Morgan fingerprint density at radius 2 is 1.52 bits per heavy atom. The third-order valence-electron chi connectivity index (χ3n) is 5.67. The van der Waals surface area contributed by atoms with Crippen molar-refractivity contribution < 1.29 is 9.53 Å². The van der Waals surface area contributed by atoms with Crippen LogP contribution in [-0.2, 0) is 21.2 Å². The first-order valence-corrected chi connectivity index (χ1v) is 9.54. The van der Waals surface area contributed by atoms with Crippen molar-refractivity contribution >= 4 is 5.97 Å². The van der Waals surface area contributed by atoms with Crippen LogP contribution < -0.4 is 10.5 Å². The van der Waals surface area contributed by atoms with Gasteiger partial charge in [-0.2, -0.15) is 0 Å². The molecule has 3 heteroatoms. The number of hydrogen-bond donors (Lipinski definition) is 1. The molecule has 0 fully saturated rings. The Balaban J connectivity index is 2.35. The molecule has 0 amide bonds. The van der Waals surface area contributed by atoms with Gasteiger partial charge in [0.25, 0.3) is 0 Å². The summed E-state index contributed by atoms with van der Waals surface area (Å²) in [7, 11) is 0. The monoisotopic (exact) mass is 365 g/mol. The fraction of sp³-hybridized carbons (Fsp3) is 0.458. The molecule has 0 saturated carbocycles. The van der Waals surface area contributed by atoms with E-state index in [1.807, 2.05) is 25.1 Å². The minimum absolute atomic E-state index is 0.0647. The molecule has 1 aliphatic rings. The van der Waals surface area contributed by atoms with Crippen molar-refractivity contribution in [2.24, 2.45) is 5.73 Å². The van der Waals surface area contributed by atoms with Crippen LogP contribution in [0, 0.1) is 13.8 Å². The maximum Gasteiger partial charge on any atom is 0.341 e. The molecular weight excluding hydrogens is 334 g/mol. The van der Waals surface area contributed by atoms with Gasteiger partial charge in [0.05, 0.1) is 0 Å². The fourth-order valence-corrected chi connectivity index (χ4v) is 3.57. The smallest absolute Gasteiger partial charge is 0.341 e. The Labute approximate surface area is 162 Å². The molecular formula is C24H31NO2. The SMILES string of the molecule is Cc1ccc(C2(N)C(=O)Oc3c(C(C)(C)C)cc(C(C)(C)C)cc32)cc1C. The van der Waals surface area contributed by atoms with Gasteiger partial charge in [-0.25, -0.2) is 4.79 Å². The lowest BCUT2D eigenvalue weighted by atomic mass is 9.75. The number of nitrogens with two attached hydrogens (primary N) is 1. The molecule has 27 heavy (non-hydrogen) atoms. The Bertz CT molecular complexity index is 929. The minimum Gasteiger partial charge on any atom is -0.424 e. The van der Waals surface area contributed by atoms with E-state index < -0.39 is 11.5 Å². The number of hydrogen-bond acceptors (Lipinski definition) is 3. The fourth-order valence-electron chi connectivity index (χ4n) is 3.57. The van der Waals surface area contributed by atoms with E-state index in [1.54, 1.807) is 0 Å². The molecule has 0 aromatic heterocycles. The summed E-state index contributed by atoms with van der Waals surface area (Å²) in [4.78, 5) is 13.0. The normalized spacial score (nSPS) is 19.8. The minimum atomic E-state index is -1.28. The highest BCUT2D eigenvalue weighted by Crippen LogP contribution is 2.48. The average molecular weight is 366 g/mol. The van der Waals surface area contributed by atoms with Crippen molar-refractivity contribution in [1.82, 2.24) is 0 Å². The van der Waals surface area contributed by atoms with E-state index in [2.05, 4.69) is 60.6 Å². The predicted octanol–water partition coefficient (Wildman–Crippen LogP) is 5.02. The molecule has 3 rings (SSSR count). The van der Waals surface area contributed by atoms with Crippen LogP contribution in [0.1, 0.15) is 74.9 Å². The first-order valence-electron chi connectivity index (χ1n) is 9.54. The van der Waals surface area contributed by atoms with Crippen molar-refractivity contribution in [3.63, 3.8) is 0 Å². The maximum atomic E-state index is 13.0. The standard InChI is InChI=1S/C24H31NO2/c1-14-9-10-16(11-15(14)2)24(25)19-13-17(22(3,4)5)12-18(23(6,7)8)20(19)27-21(24)26/h9-13H,25H2,1-8H3. The van der Waals surface area contributed by atoms with E-state index >= 15 is 0 Å². The summed E-state index contributed by atoms with van der Waals surface area (Å²) in [5.41, 5.74) is 11.3. The summed E-state index contributed by atoms with van der Waals surface area (Å²) in [5, 5.41) is 0. The van der Waals surface area contributed by atoms with Gasteiger partial charge in [0.2, 0.25) is 0 Å². The molecule has 1 unspecified atom stereocenters. The summed E-state index contributed by atoms with van der Waals surface area (Å²) in [5.74, 6) is 0.221. The molecule has 2 N–H and O–H groups in total. The molecule has 0 bridgehead atoms. The number of carbonyl (C=O) groups excluding carboxylic acids is 1. The lowest BCUT2D eigenvalue weighted by Gasteiger charge is -2.28. The molecule has 2 aromatic carbocycles. The van der Waals surface area contributed by atoms with E-state index in [1.165, 1.54) is 5.56 Å². The van der Waals surface area contributed by atoms with Gasteiger partial charge in [-0.15, -0.1) is 0 Å². The van der Waals surface area contributed by atoms with Gasteiger partial charge in [0.1, 0.15) is 5.75 Å². The zero-order valence-electron chi connectivity index (χ0n) is 17.8. The molecule has 2 aromatic rings. The molecule has 3 nitrogen and oxygen atoms in total. The van der Waals surface area contributed by atoms with Gasteiger partial charge < -0.3 is 10.5 Å². The number of benzene rings is 2. The number of carbonyl (C=O) groups is 1. The first-order chi connectivity index (χ1) is 12.3. The van der Waals surface area contributed by atoms with Crippen LogP contribution in [0.15, 0.2) is 30.3 Å². The molecule has 0 spiro atoms.